The Morgan fingerprint density at radius 3 is 2.29 bits per heavy atom. The van der Waals surface area contributed by atoms with Crippen molar-refractivity contribution in [2.24, 2.45) is 0 Å². The van der Waals surface area contributed by atoms with Gasteiger partial charge in [0.15, 0.2) is 0 Å². The first-order valence-electron chi connectivity index (χ1n) is 13.0. The summed E-state index contributed by atoms with van der Waals surface area (Å²) in [5.74, 6) is 0.118. The van der Waals surface area contributed by atoms with Gasteiger partial charge in [-0.3, -0.25) is 0 Å². The third-order valence-electron chi connectivity index (χ3n) is 6.21. The largest absolute Gasteiger partial charge is 0.423 e. The lowest BCUT2D eigenvalue weighted by molar-refractivity contribution is -0.128. The Morgan fingerprint density at radius 2 is 1.60 bits per heavy atom. The molecule has 0 radical (unpaired) electrons. The summed E-state index contributed by atoms with van der Waals surface area (Å²) in [5.41, 5.74) is 5.13. The zero-order valence-corrected chi connectivity index (χ0v) is 21.1. The molecule has 3 nitrogen and oxygen atoms in total. The Balaban J connectivity index is 1.93. The van der Waals surface area contributed by atoms with Crippen LogP contribution in [0.25, 0.3) is 17.2 Å². The predicted octanol–water partition coefficient (Wildman–Crippen LogP) is 7.80. The molecule has 1 unspecified atom stereocenters. The van der Waals surface area contributed by atoms with Crippen LogP contribution < -0.4 is 4.74 Å². The number of aliphatic hydroxyl groups is 1. The highest BCUT2D eigenvalue weighted by Crippen LogP contribution is 2.37. The SMILES string of the molecule is CCCCCCC(O)Cc1c(CCC)ccc(OC(=O)C=Cc2ccccc2)c1-c1ccccc1. The summed E-state index contributed by atoms with van der Waals surface area (Å²) in [7, 11) is 0. The monoisotopic (exact) mass is 470 g/mol. The van der Waals surface area contributed by atoms with E-state index in [1.807, 2.05) is 66.7 Å². The van der Waals surface area contributed by atoms with Crippen molar-refractivity contribution in [2.75, 3.05) is 0 Å². The maximum Gasteiger partial charge on any atom is 0.336 e. The van der Waals surface area contributed by atoms with Gasteiger partial charge >= 0.3 is 5.97 Å². The molecule has 3 heteroatoms. The van der Waals surface area contributed by atoms with Gasteiger partial charge in [0, 0.05) is 11.6 Å². The topological polar surface area (TPSA) is 46.5 Å². The van der Waals surface area contributed by atoms with Crippen LogP contribution in [-0.4, -0.2) is 17.2 Å². The number of hydrogen-bond donors (Lipinski definition) is 1. The lowest BCUT2D eigenvalue weighted by Crippen LogP contribution is -2.14. The molecule has 0 amide bonds. The molecule has 3 aromatic carbocycles. The third kappa shape index (κ3) is 8.22. The number of ether oxygens (including phenoxy) is 1. The van der Waals surface area contributed by atoms with Crippen LogP contribution >= 0.6 is 0 Å². The zero-order valence-electron chi connectivity index (χ0n) is 21.1. The molecule has 35 heavy (non-hydrogen) atoms. The fraction of sp³-hybridized carbons (Fsp3) is 0.344. The molecule has 0 spiro atoms. The molecular weight excluding hydrogens is 432 g/mol. The second kappa shape index (κ2) is 14.3. The van der Waals surface area contributed by atoms with Crippen LogP contribution in [-0.2, 0) is 17.6 Å². The minimum absolute atomic E-state index is 0.416. The van der Waals surface area contributed by atoms with Gasteiger partial charge in [0.05, 0.1) is 6.10 Å². The Morgan fingerprint density at radius 1 is 0.886 bits per heavy atom. The fourth-order valence-corrected chi connectivity index (χ4v) is 4.43. The van der Waals surface area contributed by atoms with Gasteiger partial charge in [-0.15, -0.1) is 0 Å². The summed E-state index contributed by atoms with van der Waals surface area (Å²) in [5, 5.41) is 10.9. The van der Waals surface area contributed by atoms with E-state index < -0.39 is 12.1 Å². The molecule has 1 atom stereocenters. The number of rotatable bonds is 13. The smallest absolute Gasteiger partial charge is 0.336 e. The van der Waals surface area contributed by atoms with Crippen molar-refractivity contribution in [1.29, 1.82) is 0 Å². The first-order chi connectivity index (χ1) is 17.1. The van der Waals surface area contributed by atoms with Crippen molar-refractivity contribution in [3.8, 4) is 16.9 Å². The van der Waals surface area contributed by atoms with E-state index in [0.717, 1.165) is 54.4 Å². The van der Waals surface area contributed by atoms with Crippen molar-refractivity contribution in [3.05, 3.63) is 95.6 Å². The van der Waals surface area contributed by atoms with E-state index in [1.165, 1.54) is 24.5 Å². The standard InChI is InChI=1S/C32H38O3/c1-3-5-6-13-19-28(33)24-29-26(14-4-2)21-22-30(32(29)27-17-11-8-12-18-27)35-31(34)23-20-25-15-9-7-10-16-25/h7-12,15-18,20-23,28,33H,3-6,13-14,19,24H2,1-2H3. The van der Waals surface area contributed by atoms with Gasteiger partial charge in [-0.2, -0.15) is 0 Å². The fourth-order valence-electron chi connectivity index (χ4n) is 4.43. The van der Waals surface area contributed by atoms with E-state index in [9.17, 15) is 9.90 Å². The predicted molar refractivity (Wildman–Crippen MR) is 145 cm³/mol. The molecule has 0 aliphatic rings. The molecule has 0 aliphatic carbocycles. The van der Waals surface area contributed by atoms with Gasteiger partial charge in [0.2, 0.25) is 0 Å². The maximum absolute atomic E-state index is 12.8. The number of benzene rings is 3. The van der Waals surface area contributed by atoms with Gasteiger partial charge in [-0.25, -0.2) is 4.79 Å². The van der Waals surface area contributed by atoms with Crippen molar-refractivity contribution < 1.29 is 14.6 Å². The Bertz CT molecular complexity index is 1070. The van der Waals surface area contributed by atoms with E-state index in [2.05, 4.69) is 19.9 Å². The lowest BCUT2D eigenvalue weighted by atomic mass is 9.88. The van der Waals surface area contributed by atoms with E-state index >= 15 is 0 Å². The number of esters is 1. The Hall–Kier alpha value is -3.17. The van der Waals surface area contributed by atoms with Crippen molar-refractivity contribution in [1.82, 2.24) is 0 Å². The van der Waals surface area contributed by atoms with Crippen LogP contribution in [0.3, 0.4) is 0 Å². The first-order valence-corrected chi connectivity index (χ1v) is 13.0. The van der Waals surface area contributed by atoms with E-state index in [-0.39, 0.29) is 0 Å². The van der Waals surface area contributed by atoms with Gasteiger partial charge in [0.1, 0.15) is 5.75 Å². The molecule has 0 bridgehead atoms. The van der Waals surface area contributed by atoms with E-state index in [1.54, 1.807) is 6.08 Å². The van der Waals surface area contributed by atoms with Crippen molar-refractivity contribution in [3.63, 3.8) is 0 Å². The van der Waals surface area contributed by atoms with Crippen LogP contribution in [0.1, 0.15) is 69.1 Å². The highest BCUT2D eigenvalue weighted by Gasteiger charge is 2.20. The number of carbonyl (C=O) groups is 1. The first kappa shape index (κ1) is 26.4. The Labute approximate surface area is 210 Å². The molecule has 0 fully saturated rings. The number of aliphatic hydroxyl groups excluding tert-OH is 1. The molecule has 0 heterocycles. The van der Waals surface area contributed by atoms with Crippen LogP contribution in [0.15, 0.2) is 78.9 Å². The van der Waals surface area contributed by atoms with Crippen LogP contribution in [0, 0.1) is 0 Å². The van der Waals surface area contributed by atoms with E-state index in [4.69, 9.17) is 4.74 Å². The number of unbranched alkanes of at least 4 members (excludes halogenated alkanes) is 3. The summed E-state index contributed by atoms with van der Waals surface area (Å²) in [6.45, 7) is 4.36. The highest BCUT2D eigenvalue weighted by atomic mass is 16.5. The summed E-state index contributed by atoms with van der Waals surface area (Å²) in [6, 6.07) is 23.7. The summed E-state index contributed by atoms with van der Waals surface area (Å²) in [4.78, 5) is 12.8. The van der Waals surface area contributed by atoms with Crippen LogP contribution in [0.2, 0.25) is 0 Å². The van der Waals surface area contributed by atoms with Crippen LogP contribution in [0.5, 0.6) is 5.75 Å². The second-order valence-corrected chi connectivity index (χ2v) is 9.06. The molecular formula is C32H38O3. The molecule has 1 N–H and O–H groups in total. The van der Waals surface area contributed by atoms with Gasteiger partial charge in [-0.1, -0.05) is 113 Å². The minimum Gasteiger partial charge on any atom is -0.423 e. The van der Waals surface area contributed by atoms with Crippen molar-refractivity contribution >= 4 is 12.0 Å². The molecule has 3 rings (SSSR count). The molecule has 184 valence electrons. The number of aryl methyl sites for hydroxylation is 1. The average molecular weight is 471 g/mol. The lowest BCUT2D eigenvalue weighted by Gasteiger charge is -2.21. The average Bonchev–Trinajstić information content (AvgIpc) is 2.88. The molecule has 3 aromatic rings. The normalized spacial score (nSPS) is 12.1. The number of carbonyl (C=O) groups excluding carboxylic acids is 1. The minimum atomic E-state index is -0.422. The Kier molecular flexibility index (Phi) is 10.8. The molecule has 0 aliphatic heterocycles. The second-order valence-electron chi connectivity index (χ2n) is 9.06. The third-order valence-corrected chi connectivity index (χ3v) is 6.21. The molecule has 0 saturated carbocycles. The summed E-state index contributed by atoms with van der Waals surface area (Å²) >= 11 is 0. The van der Waals surface area contributed by atoms with E-state index in [0.29, 0.717) is 12.2 Å². The van der Waals surface area contributed by atoms with Crippen molar-refractivity contribution in [2.45, 2.75) is 71.3 Å². The zero-order chi connectivity index (χ0) is 24.9. The number of hydrogen-bond acceptors (Lipinski definition) is 3. The van der Waals surface area contributed by atoms with Gasteiger partial charge in [-0.05, 0) is 53.7 Å². The maximum atomic E-state index is 12.8. The highest BCUT2D eigenvalue weighted by molar-refractivity contribution is 5.90. The van der Waals surface area contributed by atoms with Gasteiger partial charge in [0.25, 0.3) is 0 Å². The molecule has 0 aromatic heterocycles. The summed E-state index contributed by atoms with van der Waals surface area (Å²) in [6.07, 6.45) is 10.6. The van der Waals surface area contributed by atoms with Crippen LogP contribution in [0.4, 0.5) is 0 Å². The van der Waals surface area contributed by atoms with Gasteiger partial charge < -0.3 is 9.84 Å². The molecule has 0 saturated heterocycles. The summed E-state index contributed by atoms with van der Waals surface area (Å²) < 4.78 is 5.88. The quantitative estimate of drug-likeness (QED) is 0.120.